The van der Waals surface area contributed by atoms with Gasteiger partial charge in [0.2, 0.25) is 0 Å². The van der Waals surface area contributed by atoms with E-state index in [-0.39, 0.29) is 0 Å². The number of rotatable bonds is 4. The first-order valence-electron chi connectivity index (χ1n) is 7.30. The minimum atomic E-state index is 0.763. The molecule has 0 saturated heterocycles. The van der Waals surface area contributed by atoms with Crippen LogP contribution in [0.4, 0.5) is 0 Å². The lowest BCUT2D eigenvalue weighted by Crippen LogP contribution is -2.28. The third-order valence-electron chi connectivity index (χ3n) is 4.43. The number of nitrogens with one attached hydrogen (secondary N) is 2. The van der Waals surface area contributed by atoms with Crippen LogP contribution in [0, 0.1) is 5.92 Å². The molecule has 0 spiro atoms. The van der Waals surface area contributed by atoms with Crippen LogP contribution in [-0.4, -0.2) is 17.6 Å². The Kier molecular flexibility index (Phi) is 3.51. The molecule has 1 aromatic heterocycles. The fraction of sp³-hybridized carbons (Fsp3) is 0.733. The lowest BCUT2D eigenvalue weighted by molar-refractivity contribution is 0.369. The molecule has 0 aliphatic heterocycles. The van der Waals surface area contributed by atoms with Gasteiger partial charge >= 0.3 is 0 Å². The van der Waals surface area contributed by atoms with E-state index in [4.69, 9.17) is 0 Å². The fourth-order valence-electron chi connectivity index (χ4n) is 3.22. The predicted molar refractivity (Wildman–Crippen MR) is 71.1 cm³/mol. The summed E-state index contributed by atoms with van der Waals surface area (Å²) in [7, 11) is 0. The summed E-state index contributed by atoms with van der Waals surface area (Å²) in [4.78, 5) is 3.44. The van der Waals surface area contributed by atoms with Gasteiger partial charge in [0, 0.05) is 23.9 Å². The standard InChI is InChI=1S/C15H24N2/c1-2-5-12(11-17-13-8-9-13)14(6-3-1)15-7-4-10-16-15/h4,7,10,12-14,16-17H,1-3,5-6,8-9,11H2. The van der Waals surface area contributed by atoms with Crippen LogP contribution in [0.2, 0.25) is 0 Å². The van der Waals surface area contributed by atoms with Crippen LogP contribution in [0.25, 0.3) is 0 Å². The largest absolute Gasteiger partial charge is 0.365 e. The Morgan fingerprint density at radius 3 is 2.76 bits per heavy atom. The molecule has 2 N–H and O–H groups in total. The van der Waals surface area contributed by atoms with Gasteiger partial charge in [0.25, 0.3) is 0 Å². The molecular formula is C15H24N2. The van der Waals surface area contributed by atoms with Gasteiger partial charge in [0.05, 0.1) is 0 Å². The maximum Gasteiger partial charge on any atom is 0.0181 e. The summed E-state index contributed by atoms with van der Waals surface area (Å²) in [6, 6.07) is 5.27. The van der Waals surface area contributed by atoms with E-state index < -0.39 is 0 Å². The molecule has 0 bridgehead atoms. The summed E-state index contributed by atoms with van der Waals surface area (Å²) in [5, 5.41) is 3.73. The number of hydrogen-bond acceptors (Lipinski definition) is 1. The molecule has 17 heavy (non-hydrogen) atoms. The molecule has 0 radical (unpaired) electrons. The highest BCUT2D eigenvalue weighted by molar-refractivity contribution is 5.12. The lowest BCUT2D eigenvalue weighted by Gasteiger charge is -2.24. The van der Waals surface area contributed by atoms with E-state index in [2.05, 4.69) is 28.6 Å². The summed E-state index contributed by atoms with van der Waals surface area (Å²) in [5.41, 5.74) is 1.47. The molecule has 2 fully saturated rings. The van der Waals surface area contributed by atoms with Gasteiger partial charge < -0.3 is 10.3 Å². The first kappa shape index (κ1) is 11.3. The minimum Gasteiger partial charge on any atom is -0.365 e. The van der Waals surface area contributed by atoms with Crippen molar-refractivity contribution in [3.8, 4) is 0 Å². The first-order valence-corrected chi connectivity index (χ1v) is 7.30. The van der Waals surface area contributed by atoms with Crippen LogP contribution in [0.15, 0.2) is 18.3 Å². The molecule has 2 aliphatic rings. The molecule has 2 aliphatic carbocycles. The van der Waals surface area contributed by atoms with Crippen LogP contribution >= 0.6 is 0 Å². The van der Waals surface area contributed by atoms with E-state index in [0.717, 1.165) is 17.9 Å². The Bertz CT molecular complexity index is 327. The highest BCUT2D eigenvalue weighted by atomic mass is 14.9. The van der Waals surface area contributed by atoms with Crippen molar-refractivity contribution in [3.63, 3.8) is 0 Å². The zero-order valence-electron chi connectivity index (χ0n) is 10.6. The van der Waals surface area contributed by atoms with E-state index in [1.54, 1.807) is 0 Å². The molecule has 1 aromatic rings. The van der Waals surface area contributed by atoms with Gasteiger partial charge in [-0.3, -0.25) is 0 Å². The predicted octanol–water partition coefficient (Wildman–Crippen LogP) is 3.43. The lowest BCUT2D eigenvalue weighted by atomic mass is 9.85. The van der Waals surface area contributed by atoms with Crippen molar-refractivity contribution in [2.45, 2.75) is 56.9 Å². The van der Waals surface area contributed by atoms with E-state index in [9.17, 15) is 0 Å². The van der Waals surface area contributed by atoms with Crippen LogP contribution in [-0.2, 0) is 0 Å². The van der Waals surface area contributed by atoms with Gasteiger partial charge in [-0.05, 0) is 50.3 Å². The van der Waals surface area contributed by atoms with Gasteiger partial charge in [0.15, 0.2) is 0 Å². The third kappa shape index (κ3) is 2.92. The molecule has 0 aromatic carbocycles. The van der Waals surface area contributed by atoms with Crippen molar-refractivity contribution >= 4 is 0 Å². The second-order valence-corrected chi connectivity index (χ2v) is 5.81. The monoisotopic (exact) mass is 232 g/mol. The van der Waals surface area contributed by atoms with Gasteiger partial charge in [-0.25, -0.2) is 0 Å². The van der Waals surface area contributed by atoms with Crippen molar-refractivity contribution in [2.24, 2.45) is 5.92 Å². The quantitative estimate of drug-likeness (QED) is 0.765. The maximum atomic E-state index is 3.73. The van der Waals surface area contributed by atoms with Crippen molar-refractivity contribution in [1.82, 2.24) is 10.3 Å². The van der Waals surface area contributed by atoms with E-state index in [1.165, 1.54) is 57.2 Å². The Balaban J connectivity index is 1.66. The van der Waals surface area contributed by atoms with Gasteiger partial charge in [-0.15, -0.1) is 0 Å². The molecule has 94 valence electrons. The van der Waals surface area contributed by atoms with E-state index in [1.807, 2.05) is 0 Å². The first-order chi connectivity index (χ1) is 8.43. The summed E-state index contributed by atoms with van der Waals surface area (Å²) >= 11 is 0. The number of H-pyrrole nitrogens is 1. The van der Waals surface area contributed by atoms with Crippen molar-refractivity contribution in [2.75, 3.05) is 6.54 Å². The molecule has 2 nitrogen and oxygen atoms in total. The summed E-state index contributed by atoms with van der Waals surface area (Å²) < 4.78 is 0. The van der Waals surface area contributed by atoms with E-state index in [0.29, 0.717) is 0 Å². The van der Waals surface area contributed by atoms with Crippen LogP contribution in [0.5, 0.6) is 0 Å². The van der Waals surface area contributed by atoms with Crippen molar-refractivity contribution in [1.29, 1.82) is 0 Å². The molecule has 2 saturated carbocycles. The molecule has 2 unspecified atom stereocenters. The van der Waals surface area contributed by atoms with E-state index >= 15 is 0 Å². The average molecular weight is 232 g/mol. The van der Waals surface area contributed by atoms with Crippen molar-refractivity contribution < 1.29 is 0 Å². The normalized spacial score (nSPS) is 30.1. The summed E-state index contributed by atoms with van der Waals surface area (Å²) in [6.07, 6.45) is 11.9. The second-order valence-electron chi connectivity index (χ2n) is 5.81. The molecule has 0 amide bonds. The number of aromatic nitrogens is 1. The highest BCUT2D eigenvalue weighted by Gasteiger charge is 2.28. The molecule has 1 heterocycles. The molecule has 2 atom stereocenters. The Morgan fingerprint density at radius 2 is 2.00 bits per heavy atom. The second kappa shape index (κ2) is 5.26. The topological polar surface area (TPSA) is 27.8 Å². The van der Waals surface area contributed by atoms with Crippen LogP contribution < -0.4 is 5.32 Å². The zero-order valence-corrected chi connectivity index (χ0v) is 10.6. The maximum absolute atomic E-state index is 3.73. The number of aromatic amines is 1. The summed E-state index contributed by atoms with van der Waals surface area (Å²) in [5.74, 6) is 1.61. The van der Waals surface area contributed by atoms with Crippen LogP contribution in [0.3, 0.4) is 0 Å². The highest BCUT2D eigenvalue weighted by Crippen LogP contribution is 2.36. The van der Waals surface area contributed by atoms with Gasteiger partial charge in [-0.1, -0.05) is 19.3 Å². The van der Waals surface area contributed by atoms with Crippen LogP contribution in [0.1, 0.15) is 56.6 Å². The molecule has 2 heteroatoms. The average Bonchev–Trinajstić information content (AvgIpc) is 3.08. The Hall–Kier alpha value is -0.760. The molecule has 3 rings (SSSR count). The smallest absolute Gasteiger partial charge is 0.0181 e. The third-order valence-corrected chi connectivity index (χ3v) is 4.43. The number of hydrogen-bond donors (Lipinski definition) is 2. The summed E-state index contributed by atoms with van der Waals surface area (Å²) in [6.45, 7) is 1.23. The molecular weight excluding hydrogens is 208 g/mol. The Labute approximate surface area is 104 Å². The van der Waals surface area contributed by atoms with Gasteiger partial charge in [-0.2, -0.15) is 0 Å². The van der Waals surface area contributed by atoms with Gasteiger partial charge in [0.1, 0.15) is 0 Å². The Morgan fingerprint density at radius 1 is 1.12 bits per heavy atom. The van der Waals surface area contributed by atoms with Crippen molar-refractivity contribution in [3.05, 3.63) is 24.0 Å². The SMILES string of the molecule is c1c[nH]c(C2CCCCCC2CNC2CC2)c1. The zero-order chi connectivity index (χ0) is 11.5. The fourth-order valence-corrected chi connectivity index (χ4v) is 3.22. The minimum absolute atomic E-state index is 0.763.